The maximum absolute atomic E-state index is 14.9. The first-order valence-corrected chi connectivity index (χ1v) is 11.3. The lowest BCUT2D eigenvalue weighted by Gasteiger charge is -2.36. The summed E-state index contributed by atoms with van der Waals surface area (Å²) < 4.78 is 34.3. The maximum Gasteiger partial charge on any atom is 0.276 e. The molecule has 0 amide bonds. The molecular weight excluding hydrogens is 415 g/mol. The fraction of sp³-hybridized carbons (Fsp3) is 0.278. The Bertz CT molecular complexity index is 1230. The van der Waals surface area contributed by atoms with E-state index in [0.29, 0.717) is 21.3 Å². The standard InChI is InChI=1S/C18H19FN6O2S2/c1-10-22-16(27-24-10)13-7-11(5-6-21-13)14-8-12(19)15(28-14)18(2)9-29(4,26)25(3)17(20)23-18/h5-8H,4,9H2,1-3H3,(H2,20,23)/t18-,29?/m0/s1. The molecule has 0 bridgehead atoms. The van der Waals surface area contributed by atoms with E-state index in [1.165, 1.54) is 21.7 Å². The van der Waals surface area contributed by atoms with E-state index in [9.17, 15) is 8.60 Å². The molecule has 2 atom stereocenters. The second-order valence-electron chi connectivity index (χ2n) is 7.02. The Kier molecular flexibility index (Phi) is 4.46. The van der Waals surface area contributed by atoms with Gasteiger partial charge in [0.1, 0.15) is 17.1 Å². The van der Waals surface area contributed by atoms with Gasteiger partial charge in [0.2, 0.25) is 5.96 Å². The summed E-state index contributed by atoms with van der Waals surface area (Å²) in [4.78, 5) is 13.9. The minimum Gasteiger partial charge on any atom is -0.369 e. The van der Waals surface area contributed by atoms with Gasteiger partial charge < -0.3 is 10.3 Å². The summed E-state index contributed by atoms with van der Waals surface area (Å²) in [5.74, 6) is 4.26. The van der Waals surface area contributed by atoms with Crippen molar-refractivity contribution in [2.45, 2.75) is 19.4 Å². The minimum absolute atomic E-state index is 0.0664. The monoisotopic (exact) mass is 434 g/mol. The molecule has 152 valence electrons. The highest BCUT2D eigenvalue weighted by molar-refractivity contribution is 7.98. The molecule has 0 radical (unpaired) electrons. The molecule has 29 heavy (non-hydrogen) atoms. The van der Waals surface area contributed by atoms with E-state index < -0.39 is 21.1 Å². The summed E-state index contributed by atoms with van der Waals surface area (Å²) >= 11 is 1.23. The summed E-state index contributed by atoms with van der Waals surface area (Å²) in [6.07, 6.45) is 1.59. The number of guanidine groups is 1. The quantitative estimate of drug-likeness (QED) is 0.634. The molecule has 0 aliphatic carbocycles. The van der Waals surface area contributed by atoms with Gasteiger partial charge in [-0.15, -0.1) is 11.3 Å². The smallest absolute Gasteiger partial charge is 0.276 e. The molecule has 0 fully saturated rings. The second-order valence-corrected chi connectivity index (χ2v) is 10.5. The lowest BCUT2D eigenvalue weighted by Crippen LogP contribution is -2.50. The predicted molar refractivity (Wildman–Crippen MR) is 112 cm³/mol. The third kappa shape index (κ3) is 3.40. The van der Waals surface area contributed by atoms with Crippen LogP contribution in [0.4, 0.5) is 4.39 Å². The van der Waals surface area contributed by atoms with Crippen LogP contribution in [0.15, 0.2) is 33.9 Å². The highest BCUT2D eigenvalue weighted by Gasteiger charge is 2.40. The molecule has 11 heteroatoms. The van der Waals surface area contributed by atoms with Crippen LogP contribution in [0.1, 0.15) is 17.6 Å². The van der Waals surface area contributed by atoms with Crippen molar-refractivity contribution in [3.8, 4) is 22.0 Å². The third-order valence-corrected chi connectivity index (χ3v) is 8.27. The Hall–Kier alpha value is -2.79. The normalized spacial score (nSPS) is 24.6. The number of hydrogen-bond acceptors (Lipinski definition) is 8. The molecule has 1 aliphatic rings. The Balaban J connectivity index is 1.76. The number of nitrogens with two attached hydrogens (primary N) is 1. The first-order chi connectivity index (χ1) is 13.6. The Morgan fingerprint density at radius 3 is 2.86 bits per heavy atom. The van der Waals surface area contributed by atoms with E-state index in [1.807, 2.05) is 0 Å². The lowest BCUT2D eigenvalue weighted by molar-refractivity contribution is 0.424. The number of thiophene rings is 1. The Morgan fingerprint density at radius 2 is 2.21 bits per heavy atom. The molecule has 1 aliphatic heterocycles. The van der Waals surface area contributed by atoms with E-state index >= 15 is 0 Å². The SMILES string of the molecule is C=S1(=O)C[C@@](C)(c2sc(-c3ccnc(-c4nc(C)no4)c3)cc2F)N=C(N)N1C. The first-order valence-electron chi connectivity index (χ1n) is 8.60. The van der Waals surface area contributed by atoms with Crippen LogP contribution in [-0.4, -0.2) is 48.3 Å². The number of pyridine rings is 1. The van der Waals surface area contributed by atoms with Gasteiger partial charge in [0.05, 0.1) is 20.3 Å². The zero-order chi connectivity index (χ0) is 21.0. The molecule has 0 saturated carbocycles. The third-order valence-electron chi connectivity index (χ3n) is 4.66. The van der Waals surface area contributed by atoms with Gasteiger partial charge in [-0.3, -0.25) is 9.29 Å². The number of nitrogens with zero attached hydrogens (tertiary/aromatic N) is 5. The second kappa shape index (κ2) is 6.63. The van der Waals surface area contributed by atoms with Crippen LogP contribution in [0.5, 0.6) is 0 Å². The highest BCUT2D eigenvalue weighted by atomic mass is 32.2. The molecular formula is C18H19FN6O2S2. The highest BCUT2D eigenvalue weighted by Crippen LogP contribution is 2.41. The van der Waals surface area contributed by atoms with Crippen molar-refractivity contribution in [3.05, 3.63) is 40.9 Å². The molecule has 8 nitrogen and oxygen atoms in total. The number of aliphatic imine (C=N–C) groups is 1. The van der Waals surface area contributed by atoms with Crippen LogP contribution < -0.4 is 5.73 Å². The van der Waals surface area contributed by atoms with Crippen LogP contribution >= 0.6 is 11.3 Å². The van der Waals surface area contributed by atoms with Gasteiger partial charge in [-0.2, -0.15) is 4.98 Å². The topological polar surface area (TPSA) is 110 Å². The van der Waals surface area contributed by atoms with Crippen molar-refractivity contribution in [3.63, 3.8) is 0 Å². The molecule has 0 aromatic carbocycles. The zero-order valence-electron chi connectivity index (χ0n) is 16.0. The first kappa shape index (κ1) is 19.5. The van der Waals surface area contributed by atoms with Crippen LogP contribution in [0.3, 0.4) is 0 Å². The molecule has 1 unspecified atom stereocenters. The average molecular weight is 435 g/mol. The van der Waals surface area contributed by atoms with Gasteiger partial charge in [-0.25, -0.2) is 13.6 Å². The summed E-state index contributed by atoms with van der Waals surface area (Å²) in [5, 5.41) is 3.76. The van der Waals surface area contributed by atoms with Gasteiger partial charge in [-0.05, 0) is 43.5 Å². The predicted octanol–water partition coefficient (Wildman–Crippen LogP) is 2.41. The number of aryl methyl sites for hydroxylation is 1. The molecule has 0 spiro atoms. The largest absolute Gasteiger partial charge is 0.369 e. The molecule has 3 aromatic rings. The van der Waals surface area contributed by atoms with Crippen molar-refractivity contribution in [2.75, 3.05) is 12.8 Å². The molecule has 3 aromatic heterocycles. The van der Waals surface area contributed by atoms with Gasteiger partial charge in [0.25, 0.3) is 5.89 Å². The van der Waals surface area contributed by atoms with Gasteiger partial charge in [0, 0.05) is 18.1 Å². The summed E-state index contributed by atoms with van der Waals surface area (Å²) in [6.45, 7) is 3.43. The lowest BCUT2D eigenvalue weighted by atomic mass is 10.0. The number of hydrogen-bond donors (Lipinski definition) is 1. The van der Waals surface area contributed by atoms with E-state index in [-0.39, 0.29) is 17.6 Å². The number of aromatic nitrogens is 3. The van der Waals surface area contributed by atoms with Gasteiger partial charge in [-0.1, -0.05) is 5.16 Å². The summed E-state index contributed by atoms with van der Waals surface area (Å²) in [6, 6.07) is 4.94. The fourth-order valence-electron chi connectivity index (χ4n) is 3.16. The average Bonchev–Trinajstić information content (AvgIpc) is 3.26. The zero-order valence-corrected chi connectivity index (χ0v) is 17.7. The Labute approximate surface area is 171 Å². The van der Waals surface area contributed by atoms with Crippen molar-refractivity contribution in [1.29, 1.82) is 0 Å². The van der Waals surface area contributed by atoms with E-state index in [2.05, 4.69) is 26.0 Å². The van der Waals surface area contributed by atoms with Crippen molar-refractivity contribution < 1.29 is 13.1 Å². The van der Waals surface area contributed by atoms with Crippen molar-refractivity contribution in [1.82, 2.24) is 19.4 Å². The number of rotatable bonds is 3. The van der Waals surface area contributed by atoms with Crippen LogP contribution in [0, 0.1) is 12.7 Å². The summed E-state index contributed by atoms with van der Waals surface area (Å²) in [7, 11) is -1.13. The molecule has 4 rings (SSSR count). The fourth-order valence-corrected chi connectivity index (χ4v) is 6.03. The van der Waals surface area contributed by atoms with E-state index in [4.69, 9.17) is 10.3 Å². The molecule has 2 N–H and O–H groups in total. The Morgan fingerprint density at radius 1 is 1.45 bits per heavy atom. The van der Waals surface area contributed by atoms with Crippen LogP contribution in [-0.2, 0) is 15.2 Å². The molecule has 4 heterocycles. The number of halogens is 1. The van der Waals surface area contributed by atoms with Gasteiger partial charge >= 0.3 is 0 Å². The van der Waals surface area contributed by atoms with Crippen molar-refractivity contribution >= 4 is 32.9 Å². The van der Waals surface area contributed by atoms with E-state index in [0.717, 1.165) is 5.56 Å². The molecule has 0 saturated heterocycles. The van der Waals surface area contributed by atoms with Crippen LogP contribution in [0.25, 0.3) is 22.0 Å². The van der Waals surface area contributed by atoms with E-state index in [1.54, 1.807) is 39.2 Å². The van der Waals surface area contributed by atoms with Gasteiger partial charge in [0.15, 0.2) is 5.82 Å². The van der Waals surface area contributed by atoms with Crippen molar-refractivity contribution in [2.24, 2.45) is 10.7 Å². The van der Waals surface area contributed by atoms with Crippen LogP contribution in [0.2, 0.25) is 0 Å². The maximum atomic E-state index is 14.9. The minimum atomic E-state index is -2.70. The summed E-state index contributed by atoms with van der Waals surface area (Å²) in [5.41, 5.74) is 6.09.